The molecule has 0 saturated heterocycles. The summed E-state index contributed by atoms with van der Waals surface area (Å²) in [5, 5.41) is 0.468. The van der Waals surface area contributed by atoms with Gasteiger partial charge in [0.1, 0.15) is 10.6 Å². The molecule has 0 aliphatic carbocycles. The fourth-order valence-corrected chi connectivity index (χ4v) is 4.33. The van der Waals surface area contributed by atoms with Gasteiger partial charge < -0.3 is 9.15 Å². The first-order valence-corrected chi connectivity index (χ1v) is 9.71. The van der Waals surface area contributed by atoms with Crippen molar-refractivity contribution >= 4 is 27.5 Å². The van der Waals surface area contributed by atoms with Crippen LogP contribution in [0.2, 0.25) is 0 Å². The minimum absolute atomic E-state index is 0.0137. The molecule has 3 aromatic heterocycles. The highest BCUT2D eigenvalue weighted by Crippen LogP contribution is 2.35. The summed E-state index contributed by atoms with van der Waals surface area (Å²) in [6.07, 6.45) is 0. The number of methoxy groups -OCH3 is 1. The number of hydrogen-bond acceptors (Lipinski definition) is 6. The summed E-state index contributed by atoms with van der Waals surface area (Å²) in [6, 6.07) is 10.9. The van der Waals surface area contributed by atoms with E-state index in [9.17, 15) is 14.4 Å². The Bertz CT molecular complexity index is 1340. The van der Waals surface area contributed by atoms with Crippen LogP contribution < -0.4 is 11.2 Å². The van der Waals surface area contributed by atoms with Gasteiger partial charge in [0.2, 0.25) is 5.76 Å². The summed E-state index contributed by atoms with van der Waals surface area (Å²) < 4.78 is 11.1. The van der Waals surface area contributed by atoms with E-state index in [2.05, 4.69) is 9.72 Å². The van der Waals surface area contributed by atoms with Gasteiger partial charge in [-0.05, 0) is 31.5 Å². The zero-order chi connectivity index (χ0) is 20.7. The summed E-state index contributed by atoms with van der Waals surface area (Å²) in [5.74, 6) is -0.302. The van der Waals surface area contributed by atoms with Gasteiger partial charge in [0, 0.05) is 10.4 Å². The van der Waals surface area contributed by atoms with Gasteiger partial charge in [-0.1, -0.05) is 29.8 Å². The molecular formula is C21H18N2O5S. The van der Waals surface area contributed by atoms with Crippen molar-refractivity contribution in [1.82, 2.24) is 9.55 Å². The fraction of sp³-hybridized carbons (Fsp3) is 0.190. The number of rotatable bonds is 4. The first-order valence-electron chi connectivity index (χ1n) is 8.89. The Kier molecular flexibility index (Phi) is 4.71. The van der Waals surface area contributed by atoms with Gasteiger partial charge in [-0.3, -0.25) is 14.3 Å². The topological polar surface area (TPSA) is 94.3 Å². The summed E-state index contributed by atoms with van der Waals surface area (Å²) >= 11 is 1.38. The second kappa shape index (κ2) is 7.21. The molecule has 0 fully saturated rings. The minimum Gasteiger partial charge on any atom is -0.463 e. The van der Waals surface area contributed by atoms with Crippen molar-refractivity contribution in [2.45, 2.75) is 20.4 Å². The van der Waals surface area contributed by atoms with Crippen LogP contribution in [0.1, 0.15) is 26.8 Å². The third kappa shape index (κ3) is 3.31. The van der Waals surface area contributed by atoms with E-state index >= 15 is 0 Å². The molecule has 1 N–H and O–H groups in total. The predicted octanol–water partition coefficient (Wildman–Crippen LogP) is 3.46. The molecule has 3 heterocycles. The maximum Gasteiger partial charge on any atom is 0.373 e. The maximum absolute atomic E-state index is 13.2. The van der Waals surface area contributed by atoms with Crippen LogP contribution in [0.4, 0.5) is 0 Å². The second-order valence-corrected chi connectivity index (χ2v) is 7.91. The van der Waals surface area contributed by atoms with Gasteiger partial charge in [0.15, 0.2) is 0 Å². The molecule has 0 aliphatic heterocycles. The highest BCUT2D eigenvalue weighted by atomic mass is 32.1. The largest absolute Gasteiger partial charge is 0.463 e. The lowest BCUT2D eigenvalue weighted by Gasteiger charge is -2.05. The van der Waals surface area contributed by atoms with E-state index in [0.717, 1.165) is 26.1 Å². The molecule has 7 nitrogen and oxygen atoms in total. The maximum atomic E-state index is 13.2. The number of H-pyrrole nitrogens is 1. The molecule has 0 bridgehead atoms. The molecular weight excluding hydrogens is 392 g/mol. The highest BCUT2D eigenvalue weighted by molar-refractivity contribution is 7.19. The molecule has 0 aliphatic rings. The first-order chi connectivity index (χ1) is 13.9. The number of carbonyl (C=O) groups excluding carboxylic acids is 1. The Morgan fingerprint density at radius 2 is 1.86 bits per heavy atom. The van der Waals surface area contributed by atoms with Crippen molar-refractivity contribution < 1.29 is 13.9 Å². The second-order valence-electron chi connectivity index (χ2n) is 6.68. The fourth-order valence-electron chi connectivity index (χ4n) is 3.27. The average molecular weight is 410 g/mol. The number of fused-ring (bicyclic) bond motifs is 1. The number of aromatic amines is 1. The molecule has 148 valence electrons. The van der Waals surface area contributed by atoms with Crippen LogP contribution in [0.5, 0.6) is 0 Å². The molecule has 4 rings (SSSR count). The summed E-state index contributed by atoms with van der Waals surface area (Å²) in [5.41, 5.74) is 1.92. The number of furan rings is 1. The summed E-state index contributed by atoms with van der Waals surface area (Å²) in [4.78, 5) is 41.6. The zero-order valence-corrected chi connectivity index (χ0v) is 16.9. The molecule has 0 spiro atoms. The SMILES string of the molecule is COC(=O)c1ccc(Cn2c(=O)[nH]c3sc(C)c(-c4ccc(C)cc4)c3c2=O)o1. The summed E-state index contributed by atoms with van der Waals surface area (Å²) in [7, 11) is 1.25. The molecule has 0 atom stereocenters. The van der Waals surface area contributed by atoms with Crippen LogP contribution >= 0.6 is 11.3 Å². The van der Waals surface area contributed by atoms with Gasteiger partial charge in [-0.15, -0.1) is 11.3 Å². The average Bonchev–Trinajstić information content (AvgIpc) is 3.29. The van der Waals surface area contributed by atoms with Crippen molar-refractivity contribution in [2.75, 3.05) is 7.11 Å². The third-order valence-corrected chi connectivity index (χ3v) is 5.73. The van der Waals surface area contributed by atoms with Crippen molar-refractivity contribution in [3.63, 3.8) is 0 Å². The van der Waals surface area contributed by atoms with E-state index in [1.165, 1.54) is 24.5 Å². The van der Waals surface area contributed by atoms with Crippen LogP contribution in [-0.4, -0.2) is 22.6 Å². The number of esters is 1. The number of ether oxygens (including phenoxy) is 1. The van der Waals surface area contributed by atoms with Gasteiger partial charge >= 0.3 is 11.7 Å². The lowest BCUT2D eigenvalue weighted by atomic mass is 10.0. The van der Waals surface area contributed by atoms with E-state index < -0.39 is 17.2 Å². The third-order valence-electron chi connectivity index (χ3n) is 4.71. The molecule has 8 heteroatoms. The molecule has 4 aromatic rings. The molecule has 0 unspecified atom stereocenters. The smallest absolute Gasteiger partial charge is 0.373 e. The standard InChI is InChI=1S/C21H18N2O5S/c1-11-4-6-13(7-5-11)16-12(2)29-18-17(16)19(24)23(21(26)22-18)10-14-8-9-15(28-14)20(25)27-3/h4-9H,10H2,1-3H3,(H,22,26). The van der Waals surface area contributed by atoms with E-state index in [-0.39, 0.29) is 12.3 Å². The number of carbonyl (C=O) groups is 1. The lowest BCUT2D eigenvalue weighted by Crippen LogP contribution is -2.35. The lowest BCUT2D eigenvalue weighted by molar-refractivity contribution is 0.0563. The number of nitrogens with zero attached hydrogens (tertiary/aromatic N) is 1. The Morgan fingerprint density at radius 3 is 2.55 bits per heavy atom. The highest BCUT2D eigenvalue weighted by Gasteiger charge is 2.19. The van der Waals surface area contributed by atoms with Gasteiger partial charge in [-0.2, -0.15) is 0 Å². The van der Waals surface area contributed by atoms with Crippen LogP contribution in [0, 0.1) is 13.8 Å². The number of benzene rings is 1. The normalized spacial score (nSPS) is 11.1. The number of thiophene rings is 1. The van der Waals surface area contributed by atoms with E-state index in [1.54, 1.807) is 6.07 Å². The number of nitrogens with one attached hydrogen (secondary N) is 1. The van der Waals surface area contributed by atoms with Crippen LogP contribution in [0.25, 0.3) is 21.3 Å². The Hall–Kier alpha value is -3.39. The van der Waals surface area contributed by atoms with Crippen molar-refractivity contribution in [3.05, 3.63) is 79.2 Å². The molecule has 0 amide bonds. The quantitative estimate of drug-likeness (QED) is 0.520. The van der Waals surface area contributed by atoms with Gasteiger partial charge in [0.25, 0.3) is 5.56 Å². The Labute approximate surface area is 169 Å². The first kappa shape index (κ1) is 18.9. The van der Waals surface area contributed by atoms with Crippen molar-refractivity contribution in [2.24, 2.45) is 0 Å². The number of aryl methyl sites for hydroxylation is 2. The van der Waals surface area contributed by atoms with Crippen molar-refractivity contribution in [3.8, 4) is 11.1 Å². The van der Waals surface area contributed by atoms with Gasteiger partial charge in [0.05, 0.1) is 19.0 Å². The molecule has 29 heavy (non-hydrogen) atoms. The number of hydrogen-bond donors (Lipinski definition) is 1. The molecule has 0 radical (unpaired) electrons. The molecule has 1 aromatic carbocycles. The Morgan fingerprint density at radius 1 is 1.14 bits per heavy atom. The zero-order valence-electron chi connectivity index (χ0n) is 16.1. The monoisotopic (exact) mass is 410 g/mol. The predicted molar refractivity (Wildman–Crippen MR) is 111 cm³/mol. The minimum atomic E-state index is -0.622. The summed E-state index contributed by atoms with van der Waals surface area (Å²) in [6.45, 7) is 3.83. The molecule has 0 saturated carbocycles. The van der Waals surface area contributed by atoms with Crippen molar-refractivity contribution in [1.29, 1.82) is 0 Å². The van der Waals surface area contributed by atoms with Crippen LogP contribution in [-0.2, 0) is 11.3 Å². The Balaban J connectivity index is 1.86. The number of aromatic nitrogens is 2. The van der Waals surface area contributed by atoms with Crippen LogP contribution in [0.15, 0.2) is 50.4 Å². The van der Waals surface area contributed by atoms with E-state index in [4.69, 9.17) is 4.42 Å². The van der Waals surface area contributed by atoms with E-state index in [1.807, 2.05) is 38.1 Å². The van der Waals surface area contributed by atoms with E-state index in [0.29, 0.717) is 16.0 Å². The van der Waals surface area contributed by atoms with Crippen LogP contribution in [0.3, 0.4) is 0 Å². The van der Waals surface area contributed by atoms with Gasteiger partial charge in [-0.25, -0.2) is 9.59 Å².